The fourth-order valence-electron chi connectivity index (χ4n) is 3.39. The number of ether oxygens (including phenoxy) is 2. The van der Waals surface area contributed by atoms with E-state index in [1.54, 1.807) is 12.1 Å². The number of fused-ring (bicyclic) bond motifs is 1. The van der Waals surface area contributed by atoms with Gasteiger partial charge in [-0.05, 0) is 24.3 Å². The Morgan fingerprint density at radius 1 is 0.903 bits per heavy atom. The number of phenols is 2. The van der Waals surface area contributed by atoms with E-state index in [0.717, 1.165) is 6.07 Å². The second-order valence-electron chi connectivity index (χ2n) is 7.15. The van der Waals surface area contributed by atoms with Crippen LogP contribution in [0.15, 0.2) is 51.7 Å². The summed E-state index contributed by atoms with van der Waals surface area (Å²) in [6, 6.07) is 9.47. The molecule has 1 aliphatic rings. The molecule has 0 aliphatic carbocycles. The average molecular weight is 432 g/mol. The van der Waals surface area contributed by atoms with Gasteiger partial charge < -0.3 is 44.5 Å². The Morgan fingerprint density at radius 3 is 2.29 bits per heavy atom. The third-order valence-electron chi connectivity index (χ3n) is 5.02. The highest BCUT2D eigenvalue weighted by atomic mass is 16.7. The van der Waals surface area contributed by atoms with Crippen LogP contribution in [0, 0.1) is 0 Å². The Bertz CT molecular complexity index is 1140. The summed E-state index contributed by atoms with van der Waals surface area (Å²) in [5.41, 5.74) is -0.0318. The van der Waals surface area contributed by atoms with Gasteiger partial charge >= 0.3 is 0 Å². The van der Waals surface area contributed by atoms with Crippen molar-refractivity contribution in [3.8, 4) is 28.6 Å². The summed E-state index contributed by atoms with van der Waals surface area (Å²) in [7, 11) is 0. The van der Waals surface area contributed by atoms with Crippen LogP contribution in [0.25, 0.3) is 22.3 Å². The molecule has 0 saturated carbocycles. The van der Waals surface area contributed by atoms with E-state index in [4.69, 9.17) is 13.9 Å². The number of aliphatic hydroxyl groups is 4. The standard InChI is InChI=1S/C21H20O10/c22-8-16-18(26)19(27)20(28)21(31-16)30-15-6-11(24)5-14-17(15)12(25)7-13(29-14)9-1-3-10(23)4-2-9/h1-7,16,18-24,26-28H,8H2/t16?,18-,19+,20?,21-/m1/s1. The van der Waals surface area contributed by atoms with E-state index >= 15 is 0 Å². The highest BCUT2D eigenvalue weighted by molar-refractivity contribution is 5.86. The van der Waals surface area contributed by atoms with Gasteiger partial charge in [0.05, 0.1) is 6.61 Å². The van der Waals surface area contributed by atoms with Crippen molar-refractivity contribution in [3.05, 3.63) is 52.7 Å². The maximum Gasteiger partial charge on any atom is 0.229 e. The Labute approximate surface area is 174 Å². The van der Waals surface area contributed by atoms with Crippen LogP contribution in [0.5, 0.6) is 17.2 Å². The smallest absolute Gasteiger partial charge is 0.229 e. The van der Waals surface area contributed by atoms with E-state index in [1.165, 1.54) is 24.3 Å². The first-order valence-corrected chi connectivity index (χ1v) is 9.36. The SMILES string of the molecule is O=c1cc(-c2ccc(O)cc2)oc2cc(O)cc(O[C@@H]3OC(CO)[C@@H](O)[C@H](O)C3O)c12. The van der Waals surface area contributed by atoms with E-state index in [2.05, 4.69) is 0 Å². The molecule has 2 unspecified atom stereocenters. The molecule has 1 fully saturated rings. The predicted octanol–water partition coefficient (Wildman–Crippen LogP) is 0.0499. The largest absolute Gasteiger partial charge is 0.508 e. The fraction of sp³-hybridized carbons (Fsp3) is 0.286. The minimum Gasteiger partial charge on any atom is -0.508 e. The first-order chi connectivity index (χ1) is 14.8. The molecule has 31 heavy (non-hydrogen) atoms. The third kappa shape index (κ3) is 3.94. The summed E-state index contributed by atoms with van der Waals surface area (Å²) in [6.07, 6.45) is -7.68. The van der Waals surface area contributed by atoms with E-state index in [0.29, 0.717) is 5.56 Å². The lowest BCUT2D eigenvalue weighted by Crippen LogP contribution is -2.60. The molecule has 0 spiro atoms. The number of aromatic hydroxyl groups is 2. The monoisotopic (exact) mass is 432 g/mol. The van der Waals surface area contributed by atoms with Gasteiger partial charge in [-0.2, -0.15) is 0 Å². The molecule has 10 heteroatoms. The maximum atomic E-state index is 12.8. The minimum absolute atomic E-state index is 0.0184. The second kappa shape index (κ2) is 8.17. The van der Waals surface area contributed by atoms with Crippen molar-refractivity contribution in [2.75, 3.05) is 6.61 Å². The zero-order valence-corrected chi connectivity index (χ0v) is 16.0. The van der Waals surface area contributed by atoms with E-state index in [9.17, 15) is 35.4 Å². The first kappa shape index (κ1) is 21.1. The van der Waals surface area contributed by atoms with Crippen molar-refractivity contribution >= 4 is 11.0 Å². The van der Waals surface area contributed by atoms with E-state index < -0.39 is 42.7 Å². The Morgan fingerprint density at radius 2 is 1.61 bits per heavy atom. The zero-order chi connectivity index (χ0) is 22.3. The molecule has 1 aromatic heterocycles. The van der Waals surface area contributed by atoms with Crippen LogP contribution in [0.1, 0.15) is 0 Å². The molecule has 0 bridgehead atoms. The topological polar surface area (TPSA) is 170 Å². The fourth-order valence-corrected chi connectivity index (χ4v) is 3.39. The van der Waals surface area contributed by atoms with Crippen LogP contribution in [-0.4, -0.2) is 68.0 Å². The number of aliphatic hydroxyl groups excluding tert-OH is 4. The van der Waals surface area contributed by atoms with Crippen LogP contribution in [0.2, 0.25) is 0 Å². The summed E-state index contributed by atoms with van der Waals surface area (Å²) in [5, 5.41) is 58.8. The third-order valence-corrected chi connectivity index (χ3v) is 5.02. The summed E-state index contributed by atoms with van der Waals surface area (Å²) in [4.78, 5) is 12.8. The van der Waals surface area contributed by atoms with Crippen molar-refractivity contribution in [3.63, 3.8) is 0 Å². The van der Waals surface area contributed by atoms with Gasteiger partial charge in [0.1, 0.15) is 58.4 Å². The summed E-state index contributed by atoms with van der Waals surface area (Å²) in [5.74, 6) is -0.273. The van der Waals surface area contributed by atoms with Crippen LogP contribution in [0.3, 0.4) is 0 Å². The first-order valence-electron chi connectivity index (χ1n) is 9.36. The second-order valence-corrected chi connectivity index (χ2v) is 7.15. The maximum absolute atomic E-state index is 12.8. The van der Waals surface area contributed by atoms with Crippen LogP contribution < -0.4 is 10.2 Å². The molecule has 1 aliphatic heterocycles. The molecule has 5 atom stereocenters. The highest BCUT2D eigenvalue weighted by Crippen LogP contribution is 2.34. The number of benzene rings is 2. The minimum atomic E-state index is -1.70. The van der Waals surface area contributed by atoms with Gasteiger partial charge in [-0.3, -0.25) is 4.79 Å². The molecule has 3 aromatic rings. The Balaban J connectivity index is 1.75. The molecular formula is C21H20O10. The quantitative estimate of drug-likeness (QED) is 0.331. The Kier molecular flexibility index (Phi) is 5.56. The molecule has 0 radical (unpaired) electrons. The van der Waals surface area contributed by atoms with Gasteiger partial charge in [0.25, 0.3) is 0 Å². The molecule has 2 aromatic carbocycles. The summed E-state index contributed by atoms with van der Waals surface area (Å²) in [6.45, 7) is -0.649. The van der Waals surface area contributed by atoms with Crippen molar-refractivity contribution in [2.45, 2.75) is 30.7 Å². The van der Waals surface area contributed by atoms with Crippen molar-refractivity contribution in [1.29, 1.82) is 0 Å². The van der Waals surface area contributed by atoms with E-state index in [-0.39, 0.29) is 34.0 Å². The van der Waals surface area contributed by atoms with Gasteiger partial charge in [0.2, 0.25) is 6.29 Å². The normalized spacial score (nSPS) is 26.1. The zero-order valence-electron chi connectivity index (χ0n) is 16.0. The van der Waals surface area contributed by atoms with Gasteiger partial charge in [-0.25, -0.2) is 0 Å². The van der Waals surface area contributed by atoms with Gasteiger partial charge in [-0.1, -0.05) is 0 Å². The van der Waals surface area contributed by atoms with Gasteiger partial charge in [0.15, 0.2) is 5.43 Å². The number of hydrogen-bond acceptors (Lipinski definition) is 10. The molecule has 2 heterocycles. The lowest BCUT2D eigenvalue weighted by atomic mass is 9.99. The molecule has 6 N–H and O–H groups in total. The number of phenolic OH excluding ortho intramolecular Hbond substituents is 2. The molecule has 10 nitrogen and oxygen atoms in total. The number of rotatable bonds is 4. The molecule has 4 rings (SSSR count). The van der Waals surface area contributed by atoms with Crippen molar-refractivity contribution in [1.82, 2.24) is 0 Å². The van der Waals surface area contributed by atoms with Crippen molar-refractivity contribution in [2.24, 2.45) is 0 Å². The molecule has 164 valence electrons. The number of hydrogen-bond donors (Lipinski definition) is 6. The Hall–Kier alpha value is -3.15. The van der Waals surface area contributed by atoms with E-state index in [1.807, 2.05) is 0 Å². The van der Waals surface area contributed by atoms with Gasteiger partial charge in [-0.15, -0.1) is 0 Å². The summed E-state index contributed by atoms with van der Waals surface area (Å²) >= 11 is 0. The average Bonchev–Trinajstić information content (AvgIpc) is 2.74. The molecular weight excluding hydrogens is 412 g/mol. The van der Waals surface area contributed by atoms with Crippen LogP contribution in [0.4, 0.5) is 0 Å². The lowest BCUT2D eigenvalue weighted by molar-refractivity contribution is -0.277. The van der Waals surface area contributed by atoms with Gasteiger partial charge in [0, 0.05) is 23.8 Å². The van der Waals surface area contributed by atoms with Crippen LogP contribution in [-0.2, 0) is 4.74 Å². The summed E-state index contributed by atoms with van der Waals surface area (Å²) < 4.78 is 16.6. The predicted molar refractivity (Wildman–Crippen MR) is 106 cm³/mol. The molecule has 0 amide bonds. The van der Waals surface area contributed by atoms with Crippen LogP contribution >= 0.6 is 0 Å². The lowest BCUT2D eigenvalue weighted by Gasteiger charge is -2.39. The van der Waals surface area contributed by atoms with Crippen molar-refractivity contribution < 1.29 is 44.5 Å². The highest BCUT2D eigenvalue weighted by Gasteiger charge is 2.45. The molecule has 1 saturated heterocycles.